The minimum Gasteiger partial charge on any atom is -0.268 e. The van der Waals surface area contributed by atoms with Crippen molar-refractivity contribution in [1.82, 2.24) is 10.2 Å². The summed E-state index contributed by atoms with van der Waals surface area (Å²) in [5.41, 5.74) is 6.32. The Labute approximate surface area is 137 Å². The predicted molar refractivity (Wildman–Crippen MR) is 91.9 cm³/mol. The lowest BCUT2D eigenvalue weighted by atomic mass is 9.63. The molecule has 0 aliphatic heterocycles. The van der Waals surface area contributed by atoms with Gasteiger partial charge >= 0.3 is 0 Å². The fourth-order valence-corrected chi connectivity index (χ4v) is 4.62. The standard InChI is InChI=1S/C20H24N2O/c1-12-4-6-13(7-5-12)14-8-15-10-20(2,3)11-17-18(15)16(9-14)19(23)22-21-17/h4-7,14-15H,8-11H2,1-3H3,(H,22,23)/t14-,15-/m0/s1. The van der Waals surface area contributed by atoms with Crippen molar-refractivity contribution in [3.8, 4) is 0 Å². The van der Waals surface area contributed by atoms with Crippen molar-refractivity contribution in [2.75, 3.05) is 0 Å². The highest BCUT2D eigenvalue weighted by atomic mass is 16.1. The van der Waals surface area contributed by atoms with E-state index in [1.54, 1.807) is 0 Å². The summed E-state index contributed by atoms with van der Waals surface area (Å²) in [6.45, 7) is 6.75. The maximum atomic E-state index is 12.4. The normalized spacial score (nSPS) is 25.0. The highest BCUT2D eigenvalue weighted by Gasteiger charge is 2.40. The van der Waals surface area contributed by atoms with Gasteiger partial charge in [0, 0.05) is 5.56 Å². The first kappa shape index (κ1) is 14.7. The molecule has 1 aromatic heterocycles. The molecule has 120 valence electrons. The van der Waals surface area contributed by atoms with Crippen LogP contribution in [-0.4, -0.2) is 10.2 Å². The zero-order valence-corrected chi connectivity index (χ0v) is 14.1. The number of H-pyrrole nitrogens is 1. The van der Waals surface area contributed by atoms with Gasteiger partial charge < -0.3 is 0 Å². The Morgan fingerprint density at radius 3 is 2.65 bits per heavy atom. The van der Waals surface area contributed by atoms with Gasteiger partial charge in [0.1, 0.15) is 0 Å². The summed E-state index contributed by atoms with van der Waals surface area (Å²) >= 11 is 0. The highest BCUT2D eigenvalue weighted by molar-refractivity contribution is 5.40. The third-order valence-electron chi connectivity index (χ3n) is 5.62. The van der Waals surface area contributed by atoms with E-state index >= 15 is 0 Å². The van der Waals surface area contributed by atoms with Crippen LogP contribution in [0.5, 0.6) is 0 Å². The first-order chi connectivity index (χ1) is 10.9. The zero-order chi connectivity index (χ0) is 16.2. The lowest BCUT2D eigenvalue weighted by Gasteiger charge is -2.41. The van der Waals surface area contributed by atoms with Gasteiger partial charge in [0.25, 0.3) is 5.56 Å². The molecule has 0 amide bonds. The van der Waals surface area contributed by atoms with E-state index in [-0.39, 0.29) is 11.0 Å². The second-order valence-corrected chi connectivity index (χ2v) is 8.18. The van der Waals surface area contributed by atoms with Crippen LogP contribution in [0.25, 0.3) is 0 Å². The van der Waals surface area contributed by atoms with E-state index < -0.39 is 0 Å². The number of nitrogens with one attached hydrogen (secondary N) is 1. The quantitative estimate of drug-likeness (QED) is 0.869. The molecule has 2 aliphatic carbocycles. The largest absolute Gasteiger partial charge is 0.268 e. The fourth-order valence-electron chi connectivity index (χ4n) is 4.62. The van der Waals surface area contributed by atoms with Crippen LogP contribution in [0.2, 0.25) is 0 Å². The van der Waals surface area contributed by atoms with Crippen LogP contribution in [-0.2, 0) is 12.8 Å². The van der Waals surface area contributed by atoms with Crippen molar-refractivity contribution >= 4 is 0 Å². The summed E-state index contributed by atoms with van der Waals surface area (Å²) in [6.07, 6.45) is 4.11. The van der Waals surface area contributed by atoms with Crippen LogP contribution < -0.4 is 5.56 Å². The molecular formula is C20H24N2O. The number of aromatic amines is 1. The first-order valence-electron chi connectivity index (χ1n) is 8.60. The summed E-state index contributed by atoms with van der Waals surface area (Å²) < 4.78 is 0. The van der Waals surface area contributed by atoms with Crippen LogP contribution in [0.15, 0.2) is 29.1 Å². The minimum absolute atomic E-state index is 0.0188. The number of aryl methyl sites for hydroxylation is 1. The molecule has 3 nitrogen and oxygen atoms in total. The molecule has 1 N–H and O–H groups in total. The lowest BCUT2D eigenvalue weighted by molar-refractivity contribution is 0.251. The number of benzene rings is 1. The molecule has 0 saturated carbocycles. The van der Waals surface area contributed by atoms with Gasteiger partial charge in [-0.25, -0.2) is 5.10 Å². The van der Waals surface area contributed by atoms with Crippen molar-refractivity contribution in [1.29, 1.82) is 0 Å². The van der Waals surface area contributed by atoms with E-state index in [0.717, 1.165) is 36.9 Å². The van der Waals surface area contributed by atoms with Crippen molar-refractivity contribution in [3.63, 3.8) is 0 Å². The molecule has 2 aliphatic rings. The highest BCUT2D eigenvalue weighted by Crippen LogP contribution is 2.49. The molecule has 0 saturated heterocycles. The second-order valence-electron chi connectivity index (χ2n) is 8.18. The van der Waals surface area contributed by atoms with Crippen LogP contribution in [0.3, 0.4) is 0 Å². The molecule has 2 atom stereocenters. The van der Waals surface area contributed by atoms with Crippen molar-refractivity contribution < 1.29 is 0 Å². The number of hydrogen-bond acceptors (Lipinski definition) is 2. The Hall–Kier alpha value is -1.90. The average molecular weight is 308 g/mol. The van der Waals surface area contributed by atoms with Crippen LogP contribution in [0.4, 0.5) is 0 Å². The van der Waals surface area contributed by atoms with E-state index in [2.05, 4.69) is 55.2 Å². The maximum Gasteiger partial charge on any atom is 0.267 e. The Morgan fingerprint density at radius 1 is 1.17 bits per heavy atom. The van der Waals surface area contributed by atoms with Gasteiger partial charge in [0.15, 0.2) is 0 Å². The number of nitrogens with zero attached hydrogens (tertiary/aromatic N) is 1. The third kappa shape index (κ3) is 2.52. The number of rotatable bonds is 1. The molecule has 0 bridgehead atoms. The van der Waals surface area contributed by atoms with Gasteiger partial charge in [0.2, 0.25) is 0 Å². The molecular weight excluding hydrogens is 284 g/mol. The van der Waals surface area contributed by atoms with E-state index in [4.69, 9.17) is 0 Å². The van der Waals surface area contributed by atoms with Crippen LogP contribution in [0.1, 0.15) is 66.5 Å². The van der Waals surface area contributed by atoms with Crippen molar-refractivity contribution in [2.45, 2.75) is 58.3 Å². The van der Waals surface area contributed by atoms with E-state index in [0.29, 0.717) is 11.8 Å². The van der Waals surface area contributed by atoms with E-state index in [1.165, 1.54) is 16.7 Å². The Kier molecular flexibility index (Phi) is 3.22. The molecule has 2 aromatic rings. The van der Waals surface area contributed by atoms with Gasteiger partial charge in [-0.05, 0) is 61.0 Å². The Balaban J connectivity index is 1.80. The summed E-state index contributed by atoms with van der Waals surface area (Å²) in [4.78, 5) is 12.4. The summed E-state index contributed by atoms with van der Waals surface area (Å²) in [7, 11) is 0. The lowest BCUT2D eigenvalue weighted by Crippen LogP contribution is -2.35. The second kappa shape index (κ2) is 5.05. The van der Waals surface area contributed by atoms with Crippen molar-refractivity contribution in [2.24, 2.45) is 5.41 Å². The Morgan fingerprint density at radius 2 is 1.91 bits per heavy atom. The summed E-state index contributed by atoms with van der Waals surface area (Å²) in [6, 6.07) is 8.82. The summed E-state index contributed by atoms with van der Waals surface area (Å²) in [5.74, 6) is 0.914. The first-order valence-corrected chi connectivity index (χ1v) is 8.60. The molecule has 1 aromatic carbocycles. The summed E-state index contributed by atoms with van der Waals surface area (Å²) in [5, 5.41) is 7.13. The maximum absolute atomic E-state index is 12.4. The molecule has 0 radical (unpaired) electrons. The van der Waals surface area contributed by atoms with Gasteiger partial charge in [-0.1, -0.05) is 43.7 Å². The van der Waals surface area contributed by atoms with Gasteiger partial charge in [-0.15, -0.1) is 0 Å². The van der Waals surface area contributed by atoms with Crippen molar-refractivity contribution in [3.05, 3.63) is 62.6 Å². The van der Waals surface area contributed by atoms with Gasteiger partial charge in [0.05, 0.1) is 5.69 Å². The average Bonchev–Trinajstić information content (AvgIpc) is 2.50. The zero-order valence-electron chi connectivity index (χ0n) is 14.1. The van der Waals surface area contributed by atoms with E-state index in [9.17, 15) is 4.79 Å². The van der Waals surface area contributed by atoms with Gasteiger partial charge in [-0.2, -0.15) is 5.10 Å². The topological polar surface area (TPSA) is 45.8 Å². The molecule has 3 heteroatoms. The third-order valence-corrected chi connectivity index (χ3v) is 5.62. The molecule has 0 unspecified atom stereocenters. The van der Waals surface area contributed by atoms with Gasteiger partial charge in [-0.3, -0.25) is 4.79 Å². The number of hydrogen-bond donors (Lipinski definition) is 1. The number of aromatic nitrogens is 2. The minimum atomic E-state index is 0.0188. The van der Waals surface area contributed by atoms with Crippen LogP contribution in [0, 0.1) is 12.3 Å². The fraction of sp³-hybridized carbons (Fsp3) is 0.500. The monoisotopic (exact) mass is 308 g/mol. The molecule has 4 rings (SSSR count). The van der Waals surface area contributed by atoms with Crippen LogP contribution >= 0.6 is 0 Å². The molecule has 0 spiro atoms. The van der Waals surface area contributed by atoms with E-state index in [1.807, 2.05) is 0 Å². The Bertz CT molecular complexity index is 801. The molecule has 0 fully saturated rings. The smallest absolute Gasteiger partial charge is 0.267 e. The molecule has 23 heavy (non-hydrogen) atoms. The molecule has 1 heterocycles. The SMILES string of the molecule is Cc1ccc([C@@H]2Cc3c4c(n[nH]c3=O)CC(C)(C)C[C@@H]4C2)cc1. The predicted octanol–water partition coefficient (Wildman–Crippen LogP) is 3.86.